The fourth-order valence-corrected chi connectivity index (χ4v) is 10.6. The quantitative estimate of drug-likeness (QED) is 0.172. The predicted molar refractivity (Wildman–Crippen MR) is 216 cm³/mol. The van der Waals surface area contributed by atoms with E-state index >= 15 is 0 Å². The van der Waals surface area contributed by atoms with Crippen LogP contribution < -0.4 is 0 Å². The van der Waals surface area contributed by atoms with E-state index in [1.165, 1.54) is 134 Å². The molecule has 0 atom stereocenters. The molecule has 6 aromatic carbocycles. The third-order valence-electron chi connectivity index (χ3n) is 12.0. The molecule has 0 bridgehead atoms. The lowest BCUT2D eigenvalue weighted by atomic mass is 9.81. The first-order valence-electron chi connectivity index (χ1n) is 19.0. The number of rotatable bonds is 5. The molecule has 0 N–H and O–H groups in total. The number of thiophene rings is 1. The molecule has 1 nitrogen and oxygen atoms in total. The average molecular weight is 666 g/mol. The smallest absolute Gasteiger partial charge is 0.0544 e. The van der Waals surface area contributed by atoms with Gasteiger partial charge in [-0.3, -0.25) is 0 Å². The van der Waals surface area contributed by atoms with Crippen molar-refractivity contribution >= 4 is 53.3 Å². The Morgan fingerprint density at radius 2 is 1.16 bits per heavy atom. The third-order valence-corrected chi connectivity index (χ3v) is 13.2. The van der Waals surface area contributed by atoms with E-state index in [1.807, 2.05) is 11.3 Å². The first kappa shape index (κ1) is 30.2. The minimum atomic E-state index is 0.652. The van der Waals surface area contributed by atoms with E-state index in [-0.39, 0.29) is 0 Å². The van der Waals surface area contributed by atoms with Gasteiger partial charge in [-0.2, -0.15) is 0 Å². The zero-order valence-electron chi connectivity index (χ0n) is 28.7. The number of fused-ring (bicyclic) bond motifs is 6. The maximum atomic E-state index is 2.60. The monoisotopic (exact) mass is 665 g/mol. The van der Waals surface area contributed by atoms with Crippen molar-refractivity contribution in [3.8, 4) is 27.9 Å². The van der Waals surface area contributed by atoms with Gasteiger partial charge < -0.3 is 4.57 Å². The topological polar surface area (TPSA) is 4.93 Å². The first-order valence-corrected chi connectivity index (χ1v) is 19.8. The summed E-state index contributed by atoms with van der Waals surface area (Å²) in [6, 6.07) is 48.7. The van der Waals surface area contributed by atoms with Crippen molar-refractivity contribution in [1.29, 1.82) is 0 Å². The summed E-state index contributed by atoms with van der Waals surface area (Å²) in [5.74, 6) is 1.34. The lowest BCUT2D eigenvalue weighted by molar-refractivity contribution is 0.444. The molecule has 246 valence electrons. The van der Waals surface area contributed by atoms with Crippen molar-refractivity contribution in [2.75, 3.05) is 0 Å². The number of hydrogen-bond acceptors (Lipinski definition) is 1. The van der Waals surface area contributed by atoms with Crippen LogP contribution in [-0.4, -0.2) is 4.57 Å². The molecule has 0 amide bonds. The molecule has 2 saturated carbocycles. The Labute approximate surface area is 299 Å². The molecule has 2 fully saturated rings. The van der Waals surface area contributed by atoms with Crippen molar-refractivity contribution < 1.29 is 0 Å². The summed E-state index contributed by atoms with van der Waals surface area (Å²) in [5, 5.41) is 5.64. The van der Waals surface area contributed by atoms with E-state index in [0.29, 0.717) is 11.8 Å². The molecule has 2 heterocycles. The third kappa shape index (κ3) is 5.11. The number of aromatic nitrogens is 1. The minimum Gasteiger partial charge on any atom is -0.309 e. The van der Waals surface area contributed by atoms with Gasteiger partial charge in [-0.05, 0) is 108 Å². The Kier molecular flexibility index (Phi) is 7.60. The molecule has 2 aliphatic carbocycles. The maximum absolute atomic E-state index is 2.60. The predicted octanol–water partition coefficient (Wildman–Crippen LogP) is 14.6. The second-order valence-corrected chi connectivity index (χ2v) is 16.0. The highest BCUT2D eigenvalue weighted by Gasteiger charge is 2.24. The second kappa shape index (κ2) is 12.6. The van der Waals surface area contributed by atoms with Gasteiger partial charge in [0.25, 0.3) is 0 Å². The van der Waals surface area contributed by atoms with Gasteiger partial charge in [0, 0.05) is 36.5 Å². The van der Waals surface area contributed by atoms with Gasteiger partial charge in [0.15, 0.2) is 0 Å². The van der Waals surface area contributed by atoms with Gasteiger partial charge in [-0.1, -0.05) is 123 Å². The van der Waals surface area contributed by atoms with Crippen LogP contribution in [0.25, 0.3) is 69.9 Å². The normalized spacial score (nSPS) is 16.2. The zero-order chi connectivity index (χ0) is 33.0. The lowest BCUT2D eigenvalue weighted by Gasteiger charge is -2.23. The van der Waals surface area contributed by atoms with E-state index in [1.54, 1.807) is 11.1 Å². The van der Waals surface area contributed by atoms with Gasteiger partial charge in [0.05, 0.1) is 16.7 Å². The van der Waals surface area contributed by atoms with Crippen molar-refractivity contribution in [2.45, 2.75) is 76.0 Å². The van der Waals surface area contributed by atoms with E-state index < -0.39 is 0 Å². The first-order chi connectivity index (χ1) is 24.8. The molecule has 8 aromatic rings. The van der Waals surface area contributed by atoms with Gasteiger partial charge in [-0.15, -0.1) is 11.3 Å². The Balaban J connectivity index is 1.11. The number of nitrogens with zero attached hydrogens (tertiary/aromatic N) is 1. The summed E-state index contributed by atoms with van der Waals surface area (Å²) in [6.07, 6.45) is 13.5. The van der Waals surface area contributed by atoms with E-state index in [0.717, 1.165) is 0 Å². The summed E-state index contributed by atoms with van der Waals surface area (Å²) in [6.45, 7) is 0. The molecular weight excluding hydrogens is 623 g/mol. The zero-order valence-corrected chi connectivity index (χ0v) is 29.5. The number of para-hydroxylation sites is 1. The van der Waals surface area contributed by atoms with Crippen molar-refractivity contribution in [1.82, 2.24) is 4.57 Å². The summed E-state index contributed by atoms with van der Waals surface area (Å²) < 4.78 is 5.29. The highest BCUT2D eigenvalue weighted by Crippen LogP contribution is 2.45. The molecule has 10 rings (SSSR count). The van der Waals surface area contributed by atoms with Gasteiger partial charge in [-0.25, -0.2) is 0 Å². The highest BCUT2D eigenvalue weighted by molar-refractivity contribution is 7.25. The molecule has 2 aliphatic rings. The minimum absolute atomic E-state index is 0.652. The molecule has 0 aliphatic heterocycles. The summed E-state index contributed by atoms with van der Waals surface area (Å²) in [4.78, 5) is 0. The summed E-state index contributed by atoms with van der Waals surface area (Å²) in [5.41, 5.74) is 12.1. The standard InChI is InChI=1S/C48H43NS/c1-3-12-32(13-4-1)36-26-28-44-42(31-36)48-39(34-14-5-2-6-15-34)18-11-20-45(48)49(44)43-19-9-7-16-38(43)35-24-22-33(23-25-35)37-27-29-47-41(30-37)40-17-8-10-21-46(40)50-47/h7-11,16-32,34H,1-6,12-15H2. The van der Waals surface area contributed by atoms with Crippen molar-refractivity contribution in [2.24, 2.45) is 0 Å². The molecular formula is C48H43NS. The molecule has 0 spiro atoms. The van der Waals surface area contributed by atoms with Crippen LogP contribution in [0.5, 0.6) is 0 Å². The Bertz CT molecular complexity index is 2500. The lowest BCUT2D eigenvalue weighted by Crippen LogP contribution is -2.05. The molecule has 50 heavy (non-hydrogen) atoms. The maximum Gasteiger partial charge on any atom is 0.0544 e. The van der Waals surface area contributed by atoms with E-state index in [2.05, 4.69) is 132 Å². The summed E-state index contributed by atoms with van der Waals surface area (Å²) in [7, 11) is 0. The largest absolute Gasteiger partial charge is 0.309 e. The molecule has 0 unspecified atom stereocenters. The molecule has 0 radical (unpaired) electrons. The van der Waals surface area contributed by atoms with E-state index in [9.17, 15) is 0 Å². The van der Waals surface area contributed by atoms with Crippen LogP contribution in [0.3, 0.4) is 0 Å². The molecule has 2 aromatic heterocycles. The van der Waals surface area contributed by atoms with Crippen LogP contribution in [0.4, 0.5) is 0 Å². The SMILES string of the molecule is c1ccc(-n2c3ccc(C4CCCCC4)cc3c3c(C4CCCCC4)cccc32)c(-c2ccc(-c3ccc4sc5ccccc5c4c3)cc2)c1. The van der Waals surface area contributed by atoms with Crippen LogP contribution in [-0.2, 0) is 0 Å². The Morgan fingerprint density at radius 3 is 2.00 bits per heavy atom. The fraction of sp³-hybridized carbons (Fsp3) is 0.250. The van der Waals surface area contributed by atoms with Gasteiger partial charge in [0.2, 0.25) is 0 Å². The van der Waals surface area contributed by atoms with Crippen LogP contribution in [0.1, 0.15) is 87.2 Å². The average Bonchev–Trinajstić information content (AvgIpc) is 3.74. The number of hydrogen-bond donors (Lipinski definition) is 0. The van der Waals surface area contributed by atoms with Gasteiger partial charge >= 0.3 is 0 Å². The van der Waals surface area contributed by atoms with Crippen LogP contribution in [0.15, 0.2) is 127 Å². The Morgan fingerprint density at radius 1 is 0.460 bits per heavy atom. The van der Waals surface area contributed by atoms with Crippen LogP contribution >= 0.6 is 11.3 Å². The van der Waals surface area contributed by atoms with Crippen molar-refractivity contribution in [3.63, 3.8) is 0 Å². The highest BCUT2D eigenvalue weighted by atomic mass is 32.1. The van der Waals surface area contributed by atoms with E-state index in [4.69, 9.17) is 0 Å². The summed E-state index contributed by atoms with van der Waals surface area (Å²) >= 11 is 1.88. The second-order valence-electron chi connectivity index (χ2n) is 14.9. The van der Waals surface area contributed by atoms with Gasteiger partial charge in [0.1, 0.15) is 0 Å². The number of benzene rings is 6. The fourth-order valence-electron chi connectivity index (χ4n) is 9.48. The molecule has 0 saturated heterocycles. The molecule has 2 heteroatoms. The van der Waals surface area contributed by atoms with Crippen LogP contribution in [0.2, 0.25) is 0 Å². The van der Waals surface area contributed by atoms with Crippen LogP contribution in [0, 0.1) is 0 Å². The van der Waals surface area contributed by atoms with Crippen molar-refractivity contribution in [3.05, 3.63) is 139 Å². The Hall–Kier alpha value is -4.66.